The van der Waals surface area contributed by atoms with Crippen molar-refractivity contribution < 1.29 is 0 Å². The predicted octanol–water partition coefficient (Wildman–Crippen LogP) is 3.37. The SMILES string of the molecule is CCCCN(CC)c1nc(C2CC2)c(CNC)s1. The van der Waals surface area contributed by atoms with Crippen molar-refractivity contribution in [3.05, 3.63) is 10.6 Å². The van der Waals surface area contributed by atoms with Gasteiger partial charge in [-0.2, -0.15) is 0 Å². The Morgan fingerprint density at radius 1 is 1.39 bits per heavy atom. The first kappa shape index (κ1) is 13.8. The second kappa shape index (κ2) is 6.53. The summed E-state index contributed by atoms with van der Waals surface area (Å²) in [5.41, 5.74) is 1.37. The molecule has 0 amide bonds. The van der Waals surface area contributed by atoms with E-state index in [0.29, 0.717) is 0 Å². The molecule has 3 nitrogen and oxygen atoms in total. The molecule has 1 heterocycles. The molecule has 1 aliphatic rings. The minimum Gasteiger partial charge on any atom is -0.348 e. The van der Waals surface area contributed by atoms with Gasteiger partial charge in [0.05, 0.1) is 5.69 Å². The van der Waals surface area contributed by atoms with Crippen LogP contribution < -0.4 is 10.2 Å². The van der Waals surface area contributed by atoms with Crippen LogP contribution in [0, 0.1) is 0 Å². The molecule has 1 N–H and O–H groups in total. The number of hydrogen-bond acceptors (Lipinski definition) is 4. The second-order valence-corrected chi connectivity index (χ2v) is 6.10. The molecule has 1 fully saturated rings. The van der Waals surface area contributed by atoms with Gasteiger partial charge in [-0.25, -0.2) is 4.98 Å². The first-order valence-electron chi connectivity index (χ1n) is 7.19. The fourth-order valence-corrected chi connectivity index (χ4v) is 3.43. The number of nitrogens with zero attached hydrogens (tertiary/aromatic N) is 2. The molecule has 1 aliphatic carbocycles. The highest BCUT2D eigenvalue weighted by Gasteiger charge is 2.30. The normalized spacial score (nSPS) is 15.1. The minimum atomic E-state index is 0.753. The predicted molar refractivity (Wildman–Crippen MR) is 79.6 cm³/mol. The molecule has 0 radical (unpaired) electrons. The van der Waals surface area contributed by atoms with Gasteiger partial charge >= 0.3 is 0 Å². The average molecular weight is 267 g/mol. The fourth-order valence-electron chi connectivity index (χ4n) is 2.19. The summed E-state index contributed by atoms with van der Waals surface area (Å²) in [4.78, 5) is 8.80. The van der Waals surface area contributed by atoms with E-state index >= 15 is 0 Å². The third-order valence-electron chi connectivity index (χ3n) is 3.45. The molecule has 2 rings (SSSR count). The number of anilines is 1. The zero-order chi connectivity index (χ0) is 13.0. The van der Waals surface area contributed by atoms with E-state index in [0.717, 1.165) is 25.6 Å². The monoisotopic (exact) mass is 267 g/mol. The molecule has 0 spiro atoms. The van der Waals surface area contributed by atoms with Gasteiger partial charge in [0, 0.05) is 30.4 Å². The van der Waals surface area contributed by atoms with Crippen molar-refractivity contribution in [1.29, 1.82) is 0 Å². The maximum atomic E-state index is 4.92. The summed E-state index contributed by atoms with van der Waals surface area (Å²) in [5.74, 6) is 0.753. The summed E-state index contributed by atoms with van der Waals surface area (Å²) in [6.45, 7) is 7.65. The lowest BCUT2D eigenvalue weighted by Gasteiger charge is -2.19. The summed E-state index contributed by atoms with van der Waals surface area (Å²) in [5, 5.41) is 4.51. The van der Waals surface area contributed by atoms with Gasteiger partial charge in [-0.05, 0) is 33.2 Å². The first-order chi connectivity index (χ1) is 8.80. The summed E-state index contributed by atoms with van der Waals surface area (Å²) >= 11 is 1.89. The van der Waals surface area contributed by atoms with Crippen LogP contribution in [-0.4, -0.2) is 25.1 Å². The smallest absolute Gasteiger partial charge is 0.185 e. The summed E-state index contributed by atoms with van der Waals surface area (Å²) in [7, 11) is 2.02. The topological polar surface area (TPSA) is 28.2 Å². The molecule has 0 bridgehead atoms. The highest BCUT2D eigenvalue weighted by molar-refractivity contribution is 7.15. The summed E-state index contributed by atoms with van der Waals surface area (Å²) in [6, 6.07) is 0. The lowest BCUT2D eigenvalue weighted by Crippen LogP contribution is -2.23. The standard InChI is InChI=1S/C14H25N3S/c1-4-6-9-17(5-2)14-16-13(11-7-8-11)12(18-14)10-15-3/h11,15H,4-10H2,1-3H3. The van der Waals surface area contributed by atoms with Gasteiger partial charge in [0.15, 0.2) is 5.13 Å². The zero-order valence-electron chi connectivity index (χ0n) is 11.8. The number of nitrogens with one attached hydrogen (secondary N) is 1. The number of hydrogen-bond donors (Lipinski definition) is 1. The molecule has 18 heavy (non-hydrogen) atoms. The van der Waals surface area contributed by atoms with Gasteiger partial charge in [-0.1, -0.05) is 13.3 Å². The molecule has 1 aromatic rings. The van der Waals surface area contributed by atoms with Gasteiger partial charge in [-0.3, -0.25) is 0 Å². The van der Waals surface area contributed by atoms with Crippen molar-refractivity contribution in [2.45, 2.75) is 52.0 Å². The van der Waals surface area contributed by atoms with E-state index < -0.39 is 0 Å². The van der Waals surface area contributed by atoms with Crippen LogP contribution in [0.1, 0.15) is 56.0 Å². The largest absolute Gasteiger partial charge is 0.348 e. The molecule has 0 aliphatic heterocycles. The van der Waals surface area contributed by atoms with Crippen molar-refractivity contribution in [1.82, 2.24) is 10.3 Å². The van der Waals surface area contributed by atoms with Crippen LogP contribution in [0.2, 0.25) is 0 Å². The van der Waals surface area contributed by atoms with E-state index in [4.69, 9.17) is 4.98 Å². The van der Waals surface area contributed by atoms with Gasteiger partial charge in [0.25, 0.3) is 0 Å². The molecule has 102 valence electrons. The number of aromatic nitrogens is 1. The maximum Gasteiger partial charge on any atom is 0.185 e. The van der Waals surface area contributed by atoms with Crippen LogP contribution in [0.3, 0.4) is 0 Å². The van der Waals surface area contributed by atoms with E-state index in [1.807, 2.05) is 18.4 Å². The second-order valence-electron chi connectivity index (χ2n) is 5.04. The quantitative estimate of drug-likeness (QED) is 0.783. The van der Waals surface area contributed by atoms with E-state index in [1.54, 1.807) is 0 Å². The molecule has 0 aromatic carbocycles. The van der Waals surface area contributed by atoms with Crippen molar-refractivity contribution in [3.8, 4) is 0 Å². The van der Waals surface area contributed by atoms with Crippen LogP contribution in [0.5, 0.6) is 0 Å². The Balaban J connectivity index is 2.13. The highest BCUT2D eigenvalue weighted by Crippen LogP contribution is 2.44. The Hall–Kier alpha value is -0.610. The van der Waals surface area contributed by atoms with Gasteiger partial charge < -0.3 is 10.2 Å². The first-order valence-corrected chi connectivity index (χ1v) is 8.00. The molecule has 4 heteroatoms. The summed E-state index contributed by atoms with van der Waals surface area (Å²) in [6.07, 6.45) is 5.18. The Labute approximate surface area is 115 Å². The third kappa shape index (κ3) is 3.23. The van der Waals surface area contributed by atoms with E-state index in [-0.39, 0.29) is 0 Å². The Kier molecular flexibility index (Phi) is 5.01. The molecule has 0 saturated heterocycles. The summed E-state index contributed by atoms with van der Waals surface area (Å²) < 4.78 is 0. The van der Waals surface area contributed by atoms with Gasteiger partial charge in [-0.15, -0.1) is 11.3 Å². The van der Waals surface area contributed by atoms with Crippen molar-refractivity contribution in [3.63, 3.8) is 0 Å². The number of thiazole rings is 1. The average Bonchev–Trinajstić information content (AvgIpc) is 3.14. The van der Waals surface area contributed by atoms with Crippen LogP contribution in [0.4, 0.5) is 5.13 Å². The van der Waals surface area contributed by atoms with Crippen LogP contribution >= 0.6 is 11.3 Å². The molecular formula is C14H25N3S. The van der Waals surface area contributed by atoms with E-state index in [9.17, 15) is 0 Å². The molecule has 0 atom stereocenters. The lowest BCUT2D eigenvalue weighted by atomic mass is 10.2. The van der Waals surface area contributed by atoms with Crippen molar-refractivity contribution >= 4 is 16.5 Å². The Morgan fingerprint density at radius 3 is 2.72 bits per heavy atom. The molecular weight excluding hydrogens is 242 g/mol. The third-order valence-corrected chi connectivity index (χ3v) is 4.58. The Bertz CT molecular complexity index is 371. The van der Waals surface area contributed by atoms with Crippen LogP contribution in [0.15, 0.2) is 0 Å². The molecule has 1 saturated carbocycles. The molecule has 0 unspecified atom stereocenters. The van der Waals surface area contributed by atoms with Gasteiger partial charge in [0.2, 0.25) is 0 Å². The van der Waals surface area contributed by atoms with Crippen molar-refractivity contribution in [2.75, 3.05) is 25.0 Å². The zero-order valence-corrected chi connectivity index (χ0v) is 12.6. The molecule has 1 aromatic heterocycles. The fraction of sp³-hybridized carbons (Fsp3) is 0.786. The Morgan fingerprint density at radius 2 is 2.17 bits per heavy atom. The van der Waals surface area contributed by atoms with Crippen LogP contribution in [0.25, 0.3) is 0 Å². The van der Waals surface area contributed by atoms with E-state index in [1.165, 1.54) is 41.4 Å². The number of rotatable bonds is 8. The number of unbranched alkanes of at least 4 members (excludes halogenated alkanes) is 1. The van der Waals surface area contributed by atoms with Crippen LogP contribution in [-0.2, 0) is 6.54 Å². The highest BCUT2D eigenvalue weighted by atomic mass is 32.1. The van der Waals surface area contributed by atoms with E-state index in [2.05, 4.69) is 24.1 Å². The maximum absolute atomic E-state index is 4.92. The minimum absolute atomic E-state index is 0.753. The van der Waals surface area contributed by atoms with Gasteiger partial charge in [0.1, 0.15) is 0 Å². The van der Waals surface area contributed by atoms with Crippen molar-refractivity contribution in [2.24, 2.45) is 0 Å². The lowest BCUT2D eigenvalue weighted by molar-refractivity contribution is 0.728.